The van der Waals surface area contributed by atoms with Gasteiger partial charge in [-0.1, -0.05) is 6.58 Å². The van der Waals surface area contributed by atoms with Crippen molar-refractivity contribution < 1.29 is 13.9 Å². The number of alkyl halides is 1. The summed E-state index contributed by atoms with van der Waals surface area (Å²) >= 11 is 0. The van der Waals surface area contributed by atoms with Gasteiger partial charge in [0.15, 0.2) is 0 Å². The van der Waals surface area contributed by atoms with Crippen LogP contribution in [-0.2, 0) is 9.47 Å². The monoisotopic (exact) mass is 172 g/mol. The van der Waals surface area contributed by atoms with E-state index in [0.717, 1.165) is 12.8 Å². The lowest BCUT2D eigenvalue weighted by atomic mass is 9.89. The van der Waals surface area contributed by atoms with Crippen LogP contribution in [0.15, 0.2) is 12.2 Å². The molecule has 1 aliphatic heterocycles. The van der Waals surface area contributed by atoms with E-state index in [0.29, 0.717) is 18.8 Å². The molecule has 1 saturated carbocycles. The third-order valence-corrected chi connectivity index (χ3v) is 2.52. The van der Waals surface area contributed by atoms with Crippen molar-refractivity contribution in [2.75, 3.05) is 13.2 Å². The molecule has 3 unspecified atom stereocenters. The van der Waals surface area contributed by atoms with Crippen LogP contribution in [0.1, 0.15) is 12.8 Å². The highest BCUT2D eigenvalue weighted by molar-refractivity contribution is 5.11. The molecule has 0 aromatic heterocycles. The normalized spacial score (nSPS) is 42.4. The van der Waals surface area contributed by atoms with Gasteiger partial charge in [-0.15, -0.1) is 0 Å². The van der Waals surface area contributed by atoms with Gasteiger partial charge in [0.25, 0.3) is 0 Å². The first-order valence-electron chi connectivity index (χ1n) is 4.34. The van der Waals surface area contributed by atoms with Crippen LogP contribution in [0, 0.1) is 0 Å². The van der Waals surface area contributed by atoms with Crippen molar-refractivity contribution in [3.63, 3.8) is 0 Å². The van der Waals surface area contributed by atoms with Crippen molar-refractivity contribution in [1.82, 2.24) is 0 Å². The molecule has 0 amide bonds. The molecule has 2 nitrogen and oxygen atoms in total. The Bertz CT molecular complexity index is 193. The average molecular weight is 172 g/mol. The summed E-state index contributed by atoms with van der Waals surface area (Å²) in [6.45, 7) is 4.78. The maximum atomic E-state index is 13.4. The van der Waals surface area contributed by atoms with Gasteiger partial charge < -0.3 is 9.47 Å². The van der Waals surface area contributed by atoms with Crippen molar-refractivity contribution in [3.8, 4) is 0 Å². The molecule has 2 aliphatic rings. The molecule has 1 aliphatic carbocycles. The van der Waals surface area contributed by atoms with Crippen molar-refractivity contribution >= 4 is 0 Å². The van der Waals surface area contributed by atoms with E-state index in [-0.39, 0.29) is 12.2 Å². The van der Waals surface area contributed by atoms with Crippen LogP contribution in [0.5, 0.6) is 0 Å². The van der Waals surface area contributed by atoms with Crippen LogP contribution in [-0.4, -0.2) is 31.6 Å². The number of ether oxygens (including phenoxy) is 2. The van der Waals surface area contributed by atoms with Crippen LogP contribution in [0.4, 0.5) is 4.39 Å². The molecule has 0 N–H and O–H groups in total. The standard InChI is InChI=1S/C9H13FO2/c1-6-2-3-7-9(8(6)10)12-5-4-11-7/h7-9H,1-5H2. The minimum absolute atomic E-state index is 0.0424. The average Bonchev–Trinajstić information content (AvgIpc) is 2.12. The predicted molar refractivity (Wildman–Crippen MR) is 42.8 cm³/mol. The Labute approximate surface area is 71.4 Å². The summed E-state index contributed by atoms with van der Waals surface area (Å²) in [7, 11) is 0. The first-order chi connectivity index (χ1) is 5.79. The van der Waals surface area contributed by atoms with E-state index in [9.17, 15) is 4.39 Å². The Kier molecular flexibility index (Phi) is 2.15. The highest BCUT2D eigenvalue weighted by Gasteiger charge is 2.39. The van der Waals surface area contributed by atoms with Gasteiger partial charge in [-0.2, -0.15) is 0 Å². The second-order valence-corrected chi connectivity index (χ2v) is 3.34. The second-order valence-electron chi connectivity index (χ2n) is 3.34. The number of halogens is 1. The van der Waals surface area contributed by atoms with Crippen molar-refractivity contribution in [2.24, 2.45) is 0 Å². The molecule has 3 heteroatoms. The van der Waals surface area contributed by atoms with Gasteiger partial charge in [-0.05, 0) is 18.4 Å². The third kappa shape index (κ3) is 1.27. The van der Waals surface area contributed by atoms with E-state index >= 15 is 0 Å². The van der Waals surface area contributed by atoms with Gasteiger partial charge in [0.2, 0.25) is 0 Å². The minimum atomic E-state index is -1.02. The minimum Gasteiger partial charge on any atom is -0.373 e. The maximum Gasteiger partial charge on any atom is 0.149 e. The Hall–Kier alpha value is -0.410. The molecule has 2 fully saturated rings. The molecule has 1 saturated heterocycles. The fourth-order valence-electron chi connectivity index (χ4n) is 1.80. The lowest BCUT2D eigenvalue weighted by Gasteiger charge is -2.38. The number of fused-ring (bicyclic) bond motifs is 1. The van der Waals surface area contributed by atoms with E-state index in [1.54, 1.807) is 0 Å². The number of hydrogen-bond acceptors (Lipinski definition) is 2. The van der Waals surface area contributed by atoms with Crippen molar-refractivity contribution in [2.45, 2.75) is 31.2 Å². The molecule has 0 spiro atoms. The maximum absolute atomic E-state index is 13.4. The van der Waals surface area contributed by atoms with Gasteiger partial charge in [-0.3, -0.25) is 0 Å². The fraction of sp³-hybridized carbons (Fsp3) is 0.778. The van der Waals surface area contributed by atoms with Gasteiger partial charge in [0, 0.05) is 0 Å². The zero-order chi connectivity index (χ0) is 8.55. The molecule has 0 aromatic carbocycles. The van der Waals surface area contributed by atoms with Crippen LogP contribution in [0.25, 0.3) is 0 Å². The van der Waals surface area contributed by atoms with E-state index in [1.165, 1.54) is 0 Å². The summed E-state index contributed by atoms with van der Waals surface area (Å²) in [5.74, 6) is 0. The molecule has 68 valence electrons. The second kappa shape index (κ2) is 3.15. The number of rotatable bonds is 0. The van der Waals surface area contributed by atoms with Crippen LogP contribution < -0.4 is 0 Å². The Morgan fingerprint density at radius 3 is 2.92 bits per heavy atom. The Morgan fingerprint density at radius 1 is 1.33 bits per heavy atom. The smallest absolute Gasteiger partial charge is 0.149 e. The molecular formula is C9H13FO2. The fourth-order valence-corrected chi connectivity index (χ4v) is 1.80. The quantitative estimate of drug-likeness (QED) is 0.515. The van der Waals surface area contributed by atoms with Crippen molar-refractivity contribution in [1.29, 1.82) is 0 Å². The SMILES string of the molecule is C=C1CCC2OCCOC2C1F. The third-order valence-electron chi connectivity index (χ3n) is 2.52. The Balaban J connectivity index is 2.08. The van der Waals surface area contributed by atoms with E-state index in [1.807, 2.05) is 0 Å². The molecule has 2 rings (SSSR count). The van der Waals surface area contributed by atoms with E-state index in [2.05, 4.69) is 6.58 Å². The van der Waals surface area contributed by atoms with Gasteiger partial charge in [0.1, 0.15) is 12.3 Å². The van der Waals surface area contributed by atoms with Crippen LogP contribution in [0.2, 0.25) is 0 Å². The summed E-state index contributed by atoms with van der Waals surface area (Å²) in [6, 6.07) is 0. The molecule has 12 heavy (non-hydrogen) atoms. The topological polar surface area (TPSA) is 18.5 Å². The summed E-state index contributed by atoms with van der Waals surface area (Å²) in [4.78, 5) is 0. The van der Waals surface area contributed by atoms with Crippen molar-refractivity contribution in [3.05, 3.63) is 12.2 Å². The Morgan fingerprint density at radius 2 is 2.08 bits per heavy atom. The van der Waals surface area contributed by atoms with Crippen LogP contribution in [0.3, 0.4) is 0 Å². The summed E-state index contributed by atoms with van der Waals surface area (Å²) in [5.41, 5.74) is 0.654. The highest BCUT2D eigenvalue weighted by atomic mass is 19.1. The van der Waals surface area contributed by atoms with Gasteiger partial charge >= 0.3 is 0 Å². The van der Waals surface area contributed by atoms with Gasteiger partial charge in [-0.25, -0.2) is 4.39 Å². The zero-order valence-electron chi connectivity index (χ0n) is 6.96. The van der Waals surface area contributed by atoms with E-state index < -0.39 is 6.17 Å². The molecule has 0 aromatic rings. The molecule has 1 heterocycles. The largest absolute Gasteiger partial charge is 0.373 e. The van der Waals surface area contributed by atoms with Crippen LogP contribution >= 0.6 is 0 Å². The van der Waals surface area contributed by atoms with Gasteiger partial charge in [0.05, 0.1) is 19.3 Å². The zero-order valence-corrected chi connectivity index (χ0v) is 6.96. The first kappa shape index (κ1) is 8.20. The molecule has 3 atom stereocenters. The summed E-state index contributed by atoms with van der Waals surface area (Å²) in [5, 5.41) is 0. The lowest BCUT2D eigenvalue weighted by molar-refractivity contribution is -0.167. The summed E-state index contributed by atoms with van der Waals surface area (Å²) < 4.78 is 24.1. The molecule has 0 bridgehead atoms. The summed E-state index contributed by atoms with van der Waals surface area (Å²) in [6.07, 6.45) is 0.124. The first-order valence-corrected chi connectivity index (χ1v) is 4.34. The lowest BCUT2D eigenvalue weighted by Crippen LogP contribution is -2.47. The predicted octanol–water partition coefficient (Wildman–Crippen LogP) is 1.46. The van der Waals surface area contributed by atoms with E-state index in [4.69, 9.17) is 9.47 Å². The number of hydrogen-bond donors (Lipinski definition) is 0. The molecule has 0 radical (unpaired) electrons. The highest BCUT2D eigenvalue weighted by Crippen LogP contribution is 2.31. The molecular weight excluding hydrogens is 159 g/mol.